The fourth-order valence-electron chi connectivity index (χ4n) is 2.03. The van der Waals surface area contributed by atoms with Crippen LogP contribution in [-0.4, -0.2) is 25.1 Å². The molecule has 1 amide bonds. The molecule has 2 aromatic rings. The highest BCUT2D eigenvalue weighted by molar-refractivity contribution is 9.10. The summed E-state index contributed by atoms with van der Waals surface area (Å²) in [7, 11) is 0. The van der Waals surface area contributed by atoms with Crippen LogP contribution in [-0.2, 0) is 14.3 Å². The zero-order chi connectivity index (χ0) is 17.4. The number of rotatable bonds is 7. The highest BCUT2D eigenvalue weighted by Crippen LogP contribution is 2.22. The molecule has 1 atom stereocenters. The zero-order valence-electron chi connectivity index (χ0n) is 13.2. The van der Waals surface area contributed by atoms with E-state index in [4.69, 9.17) is 9.47 Å². The number of benzene rings is 2. The monoisotopic (exact) mass is 391 g/mol. The van der Waals surface area contributed by atoms with E-state index in [1.165, 1.54) is 0 Å². The Morgan fingerprint density at radius 2 is 1.71 bits per heavy atom. The Morgan fingerprint density at radius 1 is 1.04 bits per heavy atom. The van der Waals surface area contributed by atoms with Gasteiger partial charge in [-0.25, -0.2) is 4.79 Å². The summed E-state index contributed by atoms with van der Waals surface area (Å²) in [5.41, 5.74) is 0.949. The minimum absolute atomic E-state index is 0.202. The third-order valence-electron chi connectivity index (χ3n) is 3.21. The van der Waals surface area contributed by atoms with Gasteiger partial charge in [0.05, 0.1) is 6.04 Å². The van der Waals surface area contributed by atoms with Crippen LogP contribution in [0.5, 0.6) is 5.75 Å². The lowest BCUT2D eigenvalue weighted by Gasteiger charge is -2.15. The van der Waals surface area contributed by atoms with Gasteiger partial charge < -0.3 is 14.8 Å². The maximum absolute atomic E-state index is 11.9. The van der Waals surface area contributed by atoms with Gasteiger partial charge in [0.2, 0.25) is 0 Å². The Kier molecular flexibility index (Phi) is 6.81. The Hall–Kier alpha value is -2.34. The van der Waals surface area contributed by atoms with Crippen molar-refractivity contribution in [2.24, 2.45) is 0 Å². The van der Waals surface area contributed by atoms with Gasteiger partial charge in [0.1, 0.15) is 5.75 Å². The van der Waals surface area contributed by atoms with E-state index in [0.717, 1.165) is 10.0 Å². The molecule has 1 N–H and O–H groups in total. The van der Waals surface area contributed by atoms with Crippen LogP contribution in [0, 0.1) is 0 Å². The molecular formula is C18H18BrNO4. The van der Waals surface area contributed by atoms with E-state index in [1.54, 1.807) is 24.3 Å². The number of carbonyl (C=O) groups excluding carboxylic acids is 2. The maximum atomic E-state index is 11.9. The average Bonchev–Trinajstić information content (AvgIpc) is 2.59. The van der Waals surface area contributed by atoms with E-state index >= 15 is 0 Å². The van der Waals surface area contributed by atoms with Crippen molar-refractivity contribution in [1.29, 1.82) is 0 Å². The molecule has 5 nitrogen and oxygen atoms in total. The largest absolute Gasteiger partial charge is 0.482 e. The number of amides is 1. The molecule has 2 rings (SSSR count). The number of carbonyl (C=O) groups is 2. The first-order valence-corrected chi connectivity index (χ1v) is 8.23. The number of nitrogens with one attached hydrogen (secondary N) is 1. The van der Waals surface area contributed by atoms with Crippen molar-refractivity contribution < 1.29 is 19.1 Å². The molecular weight excluding hydrogens is 374 g/mol. The van der Waals surface area contributed by atoms with Gasteiger partial charge in [-0.2, -0.15) is 0 Å². The van der Waals surface area contributed by atoms with Gasteiger partial charge in [0.15, 0.2) is 13.2 Å². The van der Waals surface area contributed by atoms with E-state index in [9.17, 15) is 9.59 Å². The molecule has 0 saturated heterocycles. The predicted octanol–water partition coefficient (Wildman–Crippen LogP) is 3.25. The van der Waals surface area contributed by atoms with E-state index in [-0.39, 0.29) is 25.2 Å². The van der Waals surface area contributed by atoms with E-state index in [2.05, 4.69) is 21.2 Å². The second-order valence-corrected chi connectivity index (χ2v) is 5.93. The van der Waals surface area contributed by atoms with Crippen LogP contribution >= 0.6 is 15.9 Å². The fraction of sp³-hybridized carbons (Fsp3) is 0.222. The summed E-state index contributed by atoms with van der Waals surface area (Å²) in [5, 5.41) is 2.78. The first kappa shape index (κ1) is 18.0. The highest BCUT2D eigenvalue weighted by Gasteiger charge is 2.14. The molecule has 0 spiro atoms. The van der Waals surface area contributed by atoms with E-state index < -0.39 is 5.97 Å². The summed E-state index contributed by atoms with van der Waals surface area (Å²) >= 11 is 3.44. The number of esters is 1. The predicted molar refractivity (Wildman–Crippen MR) is 93.6 cm³/mol. The Morgan fingerprint density at radius 3 is 2.42 bits per heavy atom. The van der Waals surface area contributed by atoms with Crippen molar-refractivity contribution in [2.45, 2.75) is 13.0 Å². The van der Waals surface area contributed by atoms with Crippen molar-refractivity contribution in [1.82, 2.24) is 5.32 Å². The van der Waals surface area contributed by atoms with Gasteiger partial charge in [-0.05, 0) is 30.7 Å². The quantitative estimate of drug-likeness (QED) is 0.735. The maximum Gasteiger partial charge on any atom is 0.344 e. The lowest BCUT2D eigenvalue weighted by Crippen LogP contribution is -2.32. The first-order chi connectivity index (χ1) is 11.6. The summed E-state index contributed by atoms with van der Waals surface area (Å²) < 4.78 is 11.1. The molecule has 0 heterocycles. The lowest BCUT2D eigenvalue weighted by atomic mass is 10.1. The molecule has 0 radical (unpaired) electrons. The number of hydrogen-bond donors (Lipinski definition) is 1. The summed E-state index contributed by atoms with van der Waals surface area (Å²) in [5.74, 6) is -0.393. The highest BCUT2D eigenvalue weighted by atomic mass is 79.9. The molecule has 6 heteroatoms. The van der Waals surface area contributed by atoms with Gasteiger partial charge in [-0.15, -0.1) is 0 Å². The minimum atomic E-state index is -0.595. The SMILES string of the molecule is C[C@@H](NC(=O)COC(=O)COc1ccccc1)c1ccccc1Br. The molecule has 0 aliphatic rings. The van der Waals surface area contributed by atoms with Crippen molar-refractivity contribution >= 4 is 27.8 Å². The molecule has 2 aromatic carbocycles. The van der Waals surface area contributed by atoms with E-state index in [1.807, 2.05) is 37.3 Å². The Bertz CT molecular complexity index is 690. The molecule has 0 fully saturated rings. The summed E-state index contributed by atoms with van der Waals surface area (Å²) in [6, 6.07) is 16.3. The second kappa shape index (κ2) is 9.08. The van der Waals surface area contributed by atoms with E-state index in [0.29, 0.717) is 5.75 Å². The molecule has 0 bridgehead atoms. The van der Waals surface area contributed by atoms with Gasteiger partial charge in [-0.3, -0.25) is 4.79 Å². The normalized spacial score (nSPS) is 11.4. The van der Waals surface area contributed by atoms with Crippen LogP contribution in [0.25, 0.3) is 0 Å². The van der Waals surface area contributed by atoms with Crippen LogP contribution in [0.15, 0.2) is 59.1 Å². The first-order valence-electron chi connectivity index (χ1n) is 7.43. The van der Waals surface area contributed by atoms with Crippen LogP contribution in [0.4, 0.5) is 0 Å². The topological polar surface area (TPSA) is 64.6 Å². The Labute approximate surface area is 149 Å². The fourth-order valence-corrected chi connectivity index (χ4v) is 2.66. The summed E-state index contributed by atoms with van der Waals surface area (Å²) in [6.07, 6.45) is 0. The molecule has 0 aliphatic heterocycles. The Balaban J connectivity index is 1.72. The molecule has 0 aromatic heterocycles. The number of ether oxygens (including phenoxy) is 2. The van der Waals surface area contributed by atoms with Gasteiger partial charge in [0, 0.05) is 4.47 Å². The van der Waals surface area contributed by atoms with Crippen molar-refractivity contribution in [3.05, 3.63) is 64.6 Å². The van der Waals surface area contributed by atoms with Crippen LogP contribution in [0.3, 0.4) is 0 Å². The molecule has 0 unspecified atom stereocenters. The van der Waals surface area contributed by atoms with Gasteiger partial charge >= 0.3 is 5.97 Å². The number of para-hydroxylation sites is 1. The van der Waals surface area contributed by atoms with Crippen LogP contribution in [0.2, 0.25) is 0 Å². The third-order valence-corrected chi connectivity index (χ3v) is 3.94. The smallest absolute Gasteiger partial charge is 0.344 e. The molecule has 0 aliphatic carbocycles. The number of hydrogen-bond acceptors (Lipinski definition) is 4. The van der Waals surface area contributed by atoms with Crippen LogP contribution in [0.1, 0.15) is 18.5 Å². The van der Waals surface area contributed by atoms with Crippen molar-refractivity contribution in [2.75, 3.05) is 13.2 Å². The van der Waals surface area contributed by atoms with Crippen LogP contribution < -0.4 is 10.1 Å². The van der Waals surface area contributed by atoms with Gasteiger partial charge in [0.25, 0.3) is 5.91 Å². The second-order valence-electron chi connectivity index (χ2n) is 5.07. The summed E-state index contributed by atoms with van der Waals surface area (Å²) in [6.45, 7) is 1.28. The lowest BCUT2D eigenvalue weighted by molar-refractivity contribution is -0.150. The number of halogens is 1. The molecule has 24 heavy (non-hydrogen) atoms. The average molecular weight is 392 g/mol. The zero-order valence-corrected chi connectivity index (χ0v) is 14.8. The minimum Gasteiger partial charge on any atom is -0.482 e. The molecule has 126 valence electrons. The van der Waals surface area contributed by atoms with Gasteiger partial charge in [-0.1, -0.05) is 52.3 Å². The third kappa shape index (κ3) is 5.70. The standard InChI is InChI=1S/C18H18BrNO4/c1-13(15-9-5-6-10-16(15)19)20-17(21)11-24-18(22)12-23-14-7-3-2-4-8-14/h2-10,13H,11-12H2,1H3,(H,20,21)/t13-/m1/s1. The van der Waals surface area contributed by atoms with Crippen molar-refractivity contribution in [3.63, 3.8) is 0 Å². The molecule has 0 saturated carbocycles. The van der Waals surface area contributed by atoms with Crippen molar-refractivity contribution in [3.8, 4) is 5.75 Å². The summed E-state index contributed by atoms with van der Waals surface area (Å²) in [4.78, 5) is 23.5.